The monoisotopic (exact) mass is 320 g/mol. The van der Waals surface area contributed by atoms with Gasteiger partial charge in [-0.1, -0.05) is 35.9 Å². The van der Waals surface area contributed by atoms with Gasteiger partial charge in [-0.2, -0.15) is 0 Å². The highest BCUT2D eigenvalue weighted by Gasteiger charge is 2.19. The van der Waals surface area contributed by atoms with Crippen LogP contribution in [0.2, 0.25) is 5.02 Å². The minimum Gasteiger partial charge on any atom is -0.368 e. The van der Waals surface area contributed by atoms with Crippen molar-refractivity contribution in [3.05, 3.63) is 59.1 Å². The van der Waals surface area contributed by atoms with Crippen molar-refractivity contribution in [1.82, 2.24) is 0 Å². The zero-order valence-electron chi connectivity index (χ0n) is 11.8. The SMILES string of the molecule is ClCc1ccccc1N1CCN(c2cccc(Cl)c2)CC1. The second-order valence-corrected chi connectivity index (χ2v) is 5.92. The van der Waals surface area contributed by atoms with Crippen molar-refractivity contribution < 1.29 is 0 Å². The molecule has 2 aromatic rings. The first-order chi connectivity index (χ1) is 10.3. The van der Waals surface area contributed by atoms with Gasteiger partial charge in [0, 0.05) is 48.5 Å². The lowest BCUT2D eigenvalue weighted by atomic mass is 10.1. The number of alkyl halides is 1. The molecule has 1 aliphatic rings. The molecule has 0 aromatic heterocycles. The van der Waals surface area contributed by atoms with Crippen molar-refractivity contribution in [2.75, 3.05) is 36.0 Å². The van der Waals surface area contributed by atoms with Gasteiger partial charge in [-0.25, -0.2) is 0 Å². The zero-order chi connectivity index (χ0) is 14.7. The van der Waals surface area contributed by atoms with Crippen LogP contribution < -0.4 is 9.80 Å². The Labute approximate surface area is 135 Å². The van der Waals surface area contributed by atoms with Gasteiger partial charge in [0.2, 0.25) is 0 Å². The highest BCUT2D eigenvalue weighted by Crippen LogP contribution is 2.26. The maximum Gasteiger partial charge on any atom is 0.0494 e. The first kappa shape index (κ1) is 14.6. The molecule has 1 aliphatic heterocycles. The molecule has 0 aliphatic carbocycles. The van der Waals surface area contributed by atoms with Gasteiger partial charge in [0.15, 0.2) is 0 Å². The normalized spacial score (nSPS) is 15.3. The Morgan fingerprint density at radius 1 is 0.857 bits per heavy atom. The lowest BCUT2D eigenvalue weighted by Gasteiger charge is -2.38. The van der Waals surface area contributed by atoms with Gasteiger partial charge in [0.05, 0.1) is 0 Å². The summed E-state index contributed by atoms with van der Waals surface area (Å²) in [4.78, 5) is 4.80. The van der Waals surface area contributed by atoms with Crippen molar-refractivity contribution in [3.63, 3.8) is 0 Å². The molecule has 1 saturated heterocycles. The highest BCUT2D eigenvalue weighted by molar-refractivity contribution is 6.30. The lowest BCUT2D eigenvalue weighted by Crippen LogP contribution is -2.46. The lowest BCUT2D eigenvalue weighted by molar-refractivity contribution is 0.652. The molecule has 0 spiro atoms. The number of anilines is 2. The molecule has 1 heterocycles. The molecule has 0 atom stereocenters. The molecular formula is C17H18Cl2N2. The summed E-state index contributed by atoms with van der Waals surface area (Å²) in [6.07, 6.45) is 0. The summed E-state index contributed by atoms with van der Waals surface area (Å²) in [7, 11) is 0. The third-order valence-corrected chi connectivity index (χ3v) is 4.45. The number of nitrogens with zero attached hydrogens (tertiary/aromatic N) is 2. The van der Waals surface area contributed by atoms with Crippen LogP contribution >= 0.6 is 23.2 Å². The van der Waals surface area contributed by atoms with Crippen LogP contribution in [0.5, 0.6) is 0 Å². The van der Waals surface area contributed by atoms with Gasteiger partial charge in [-0.3, -0.25) is 0 Å². The summed E-state index contributed by atoms with van der Waals surface area (Å²) >= 11 is 12.1. The minimum atomic E-state index is 0.560. The van der Waals surface area contributed by atoms with Crippen molar-refractivity contribution in [3.8, 4) is 0 Å². The molecule has 0 N–H and O–H groups in total. The van der Waals surface area contributed by atoms with E-state index in [9.17, 15) is 0 Å². The van der Waals surface area contributed by atoms with Crippen LogP contribution in [0, 0.1) is 0 Å². The summed E-state index contributed by atoms with van der Waals surface area (Å²) in [5.41, 5.74) is 3.67. The Bertz CT molecular complexity index is 607. The van der Waals surface area contributed by atoms with E-state index in [0.717, 1.165) is 31.2 Å². The minimum absolute atomic E-state index is 0.560. The number of halogens is 2. The summed E-state index contributed by atoms with van der Waals surface area (Å²) in [6.45, 7) is 3.99. The number of hydrogen-bond donors (Lipinski definition) is 0. The quantitative estimate of drug-likeness (QED) is 0.773. The molecule has 2 aromatic carbocycles. The van der Waals surface area contributed by atoms with E-state index in [-0.39, 0.29) is 0 Å². The number of benzene rings is 2. The Balaban J connectivity index is 1.70. The second-order valence-electron chi connectivity index (χ2n) is 5.22. The van der Waals surface area contributed by atoms with Gasteiger partial charge in [0.25, 0.3) is 0 Å². The largest absolute Gasteiger partial charge is 0.368 e. The molecule has 1 fully saturated rings. The molecule has 110 valence electrons. The zero-order valence-corrected chi connectivity index (χ0v) is 13.3. The summed E-state index contributed by atoms with van der Waals surface area (Å²) in [5.74, 6) is 0.560. The van der Waals surface area contributed by atoms with Gasteiger partial charge in [-0.15, -0.1) is 11.6 Å². The van der Waals surface area contributed by atoms with Crippen LogP contribution in [0.15, 0.2) is 48.5 Å². The fraction of sp³-hybridized carbons (Fsp3) is 0.294. The fourth-order valence-corrected chi connectivity index (χ4v) is 3.22. The van der Waals surface area contributed by atoms with Crippen LogP contribution in [0.4, 0.5) is 11.4 Å². The van der Waals surface area contributed by atoms with Crippen molar-refractivity contribution in [1.29, 1.82) is 0 Å². The average Bonchev–Trinajstić information content (AvgIpc) is 2.55. The van der Waals surface area contributed by atoms with E-state index in [2.05, 4.69) is 34.1 Å². The van der Waals surface area contributed by atoms with Crippen LogP contribution in [0.25, 0.3) is 0 Å². The second kappa shape index (κ2) is 6.59. The van der Waals surface area contributed by atoms with E-state index in [0.29, 0.717) is 5.88 Å². The maximum absolute atomic E-state index is 6.08. The van der Waals surface area contributed by atoms with E-state index in [4.69, 9.17) is 23.2 Å². The maximum atomic E-state index is 6.08. The van der Waals surface area contributed by atoms with E-state index >= 15 is 0 Å². The standard InChI is InChI=1S/C17H18Cl2N2/c18-13-14-4-1-2-7-17(14)21-10-8-20(9-11-21)16-6-3-5-15(19)12-16/h1-7,12H,8-11,13H2. The first-order valence-electron chi connectivity index (χ1n) is 7.17. The predicted molar refractivity (Wildman–Crippen MR) is 91.9 cm³/mol. The van der Waals surface area contributed by atoms with Crippen LogP contribution in [0.3, 0.4) is 0 Å². The van der Waals surface area contributed by atoms with Crippen LogP contribution in [0.1, 0.15) is 5.56 Å². The summed E-state index contributed by atoms with van der Waals surface area (Å²) in [6, 6.07) is 16.5. The Kier molecular flexibility index (Phi) is 4.57. The van der Waals surface area contributed by atoms with Crippen molar-refractivity contribution >= 4 is 34.6 Å². The summed E-state index contributed by atoms with van der Waals surface area (Å²) < 4.78 is 0. The van der Waals surface area contributed by atoms with E-state index in [1.54, 1.807) is 0 Å². The third-order valence-electron chi connectivity index (χ3n) is 3.93. The molecule has 0 bridgehead atoms. The molecule has 0 saturated carbocycles. The molecule has 0 radical (unpaired) electrons. The van der Waals surface area contributed by atoms with E-state index in [1.165, 1.54) is 16.9 Å². The Morgan fingerprint density at radius 3 is 2.29 bits per heavy atom. The van der Waals surface area contributed by atoms with E-state index in [1.807, 2.05) is 24.3 Å². The van der Waals surface area contributed by atoms with Gasteiger partial charge in [-0.05, 0) is 29.8 Å². The number of hydrogen-bond acceptors (Lipinski definition) is 2. The molecule has 0 unspecified atom stereocenters. The average molecular weight is 321 g/mol. The topological polar surface area (TPSA) is 6.48 Å². The van der Waals surface area contributed by atoms with E-state index < -0.39 is 0 Å². The van der Waals surface area contributed by atoms with Gasteiger partial charge >= 0.3 is 0 Å². The predicted octanol–water partition coefficient (Wildman–Crippen LogP) is 4.41. The van der Waals surface area contributed by atoms with Gasteiger partial charge in [0.1, 0.15) is 0 Å². The molecule has 4 heteroatoms. The summed E-state index contributed by atoms with van der Waals surface area (Å²) in [5, 5.41) is 0.794. The number of piperazine rings is 1. The molecule has 21 heavy (non-hydrogen) atoms. The Morgan fingerprint density at radius 2 is 1.57 bits per heavy atom. The molecule has 0 amide bonds. The van der Waals surface area contributed by atoms with Crippen molar-refractivity contribution in [2.45, 2.75) is 5.88 Å². The van der Waals surface area contributed by atoms with Gasteiger partial charge < -0.3 is 9.80 Å². The third kappa shape index (κ3) is 3.28. The Hall–Kier alpha value is -1.38. The number of rotatable bonds is 3. The smallest absolute Gasteiger partial charge is 0.0494 e. The first-order valence-corrected chi connectivity index (χ1v) is 8.08. The van der Waals surface area contributed by atoms with Crippen LogP contribution in [-0.4, -0.2) is 26.2 Å². The fourth-order valence-electron chi connectivity index (χ4n) is 2.81. The highest BCUT2D eigenvalue weighted by atomic mass is 35.5. The molecule has 2 nitrogen and oxygen atoms in total. The molecular weight excluding hydrogens is 303 g/mol. The van der Waals surface area contributed by atoms with Crippen LogP contribution in [-0.2, 0) is 5.88 Å². The van der Waals surface area contributed by atoms with Crippen molar-refractivity contribution in [2.24, 2.45) is 0 Å². The molecule has 3 rings (SSSR count). The number of para-hydroxylation sites is 1.